The fourth-order valence-corrected chi connectivity index (χ4v) is 1.68. The second kappa shape index (κ2) is 4.52. The van der Waals surface area contributed by atoms with Crippen LogP contribution < -0.4 is 5.32 Å². The summed E-state index contributed by atoms with van der Waals surface area (Å²) in [4.78, 5) is 13.8. The average Bonchev–Trinajstić information content (AvgIpc) is 2.06. The van der Waals surface area contributed by atoms with Gasteiger partial charge in [0.15, 0.2) is 0 Å². The summed E-state index contributed by atoms with van der Waals surface area (Å²) in [7, 11) is 1.92. The molecule has 0 spiro atoms. The molecule has 1 rings (SSSR count). The smallest absolute Gasteiger partial charge is 0.222 e. The van der Waals surface area contributed by atoms with Gasteiger partial charge in [-0.25, -0.2) is 0 Å². The first-order valence-electron chi connectivity index (χ1n) is 5.78. The quantitative estimate of drug-likeness (QED) is 0.768. The maximum atomic E-state index is 11.9. The molecule has 0 aromatic carbocycles. The Balaban J connectivity index is 2.44. The van der Waals surface area contributed by atoms with Crippen LogP contribution in [0.15, 0.2) is 0 Å². The summed E-state index contributed by atoms with van der Waals surface area (Å²) in [5, 5.41) is 3.19. The van der Waals surface area contributed by atoms with E-state index in [1.165, 1.54) is 0 Å². The minimum absolute atomic E-state index is 0.155. The average molecular weight is 212 g/mol. The Kier molecular flexibility index (Phi) is 3.77. The highest BCUT2D eigenvalue weighted by molar-refractivity contribution is 5.76. The van der Waals surface area contributed by atoms with Crippen molar-refractivity contribution >= 4 is 5.91 Å². The molecule has 0 aromatic heterocycles. The van der Waals surface area contributed by atoms with Crippen LogP contribution in [0.2, 0.25) is 0 Å². The summed E-state index contributed by atoms with van der Waals surface area (Å²) in [6.45, 7) is 10.6. The predicted octanol–water partition coefficient (Wildman–Crippen LogP) is 1.49. The summed E-state index contributed by atoms with van der Waals surface area (Å²) in [6.07, 6.45) is 0.698. The summed E-state index contributed by atoms with van der Waals surface area (Å²) in [5.74, 6) is 0.844. The Morgan fingerprint density at radius 2 is 2.00 bits per heavy atom. The largest absolute Gasteiger partial charge is 0.343 e. The van der Waals surface area contributed by atoms with Gasteiger partial charge in [-0.05, 0) is 31.3 Å². The van der Waals surface area contributed by atoms with Gasteiger partial charge in [-0.15, -0.1) is 0 Å². The standard InChI is InChI=1S/C12H24N2O/c1-9(12(2,3)4)14(5)11(15)6-10-7-13-8-10/h9-10,13H,6-8H2,1-5H3. The molecule has 0 bridgehead atoms. The molecule has 0 radical (unpaired) electrons. The van der Waals surface area contributed by atoms with Crippen molar-refractivity contribution < 1.29 is 4.79 Å². The third kappa shape index (κ3) is 3.20. The SMILES string of the molecule is CC(N(C)C(=O)CC1CNC1)C(C)(C)C. The zero-order chi connectivity index (χ0) is 11.6. The highest BCUT2D eigenvalue weighted by Crippen LogP contribution is 2.24. The maximum absolute atomic E-state index is 11.9. The molecule has 1 atom stereocenters. The monoisotopic (exact) mass is 212 g/mol. The van der Waals surface area contributed by atoms with Crippen LogP contribution >= 0.6 is 0 Å². The van der Waals surface area contributed by atoms with Crippen LogP contribution in [0.4, 0.5) is 0 Å². The van der Waals surface area contributed by atoms with Gasteiger partial charge in [0, 0.05) is 19.5 Å². The molecule has 88 valence electrons. The number of hydrogen-bond acceptors (Lipinski definition) is 2. The maximum Gasteiger partial charge on any atom is 0.222 e. The van der Waals surface area contributed by atoms with E-state index in [4.69, 9.17) is 0 Å². The zero-order valence-corrected chi connectivity index (χ0v) is 10.6. The predicted molar refractivity (Wildman–Crippen MR) is 62.7 cm³/mol. The topological polar surface area (TPSA) is 32.3 Å². The molecule has 0 aromatic rings. The number of nitrogens with zero attached hydrogens (tertiary/aromatic N) is 1. The fourth-order valence-electron chi connectivity index (χ4n) is 1.68. The summed E-state index contributed by atoms with van der Waals surface area (Å²) in [5.41, 5.74) is 0.155. The van der Waals surface area contributed by atoms with E-state index in [0.29, 0.717) is 12.3 Å². The van der Waals surface area contributed by atoms with Gasteiger partial charge < -0.3 is 10.2 Å². The molecule has 3 nitrogen and oxygen atoms in total. The number of rotatable bonds is 3. The van der Waals surface area contributed by atoms with E-state index >= 15 is 0 Å². The van der Waals surface area contributed by atoms with E-state index in [1.54, 1.807) is 0 Å². The Morgan fingerprint density at radius 1 is 1.47 bits per heavy atom. The molecule has 1 N–H and O–H groups in total. The minimum atomic E-state index is 0.155. The Morgan fingerprint density at radius 3 is 2.33 bits per heavy atom. The van der Waals surface area contributed by atoms with E-state index in [0.717, 1.165) is 13.1 Å². The molecule has 1 aliphatic rings. The number of amides is 1. The number of nitrogens with one attached hydrogen (secondary N) is 1. The van der Waals surface area contributed by atoms with Crippen LogP contribution in [-0.2, 0) is 4.79 Å². The number of hydrogen-bond donors (Lipinski definition) is 1. The van der Waals surface area contributed by atoms with Crippen molar-refractivity contribution in [3.63, 3.8) is 0 Å². The molecule has 1 saturated heterocycles. The van der Waals surface area contributed by atoms with Crippen molar-refractivity contribution in [2.75, 3.05) is 20.1 Å². The fraction of sp³-hybridized carbons (Fsp3) is 0.917. The van der Waals surface area contributed by atoms with Crippen LogP contribution in [-0.4, -0.2) is 37.0 Å². The van der Waals surface area contributed by atoms with Gasteiger partial charge in [0.05, 0.1) is 0 Å². The van der Waals surface area contributed by atoms with Crippen LogP contribution in [0.3, 0.4) is 0 Å². The molecule has 0 saturated carbocycles. The van der Waals surface area contributed by atoms with Crippen LogP contribution in [0, 0.1) is 11.3 Å². The lowest BCUT2D eigenvalue weighted by atomic mass is 9.86. The summed E-state index contributed by atoms with van der Waals surface area (Å²) < 4.78 is 0. The zero-order valence-electron chi connectivity index (χ0n) is 10.6. The molecule has 1 unspecified atom stereocenters. The number of carbonyl (C=O) groups excluding carboxylic acids is 1. The van der Waals surface area contributed by atoms with Crippen LogP contribution in [0.5, 0.6) is 0 Å². The highest BCUT2D eigenvalue weighted by atomic mass is 16.2. The van der Waals surface area contributed by atoms with E-state index in [-0.39, 0.29) is 17.4 Å². The summed E-state index contributed by atoms with van der Waals surface area (Å²) >= 11 is 0. The first-order chi connectivity index (χ1) is 6.82. The lowest BCUT2D eigenvalue weighted by Crippen LogP contribution is -2.48. The third-order valence-corrected chi connectivity index (χ3v) is 3.56. The second-order valence-electron chi connectivity index (χ2n) is 5.78. The molecule has 1 amide bonds. The molecule has 1 aliphatic heterocycles. The molecule has 0 aliphatic carbocycles. The lowest BCUT2D eigenvalue weighted by molar-refractivity contribution is -0.135. The second-order valence-corrected chi connectivity index (χ2v) is 5.78. The van der Waals surface area contributed by atoms with Gasteiger partial charge in [0.2, 0.25) is 5.91 Å². The molecule has 3 heteroatoms. The van der Waals surface area contributed by atoms with E-state index in [2.05, 4.69) is 33.0 Å². The number of carbonyl (C=O) groups is 1. The first-order valence-corrected chi connectivity index (χ1v) is 5.78. The Bertz CT molecular complexity index is 228. The van der Waals surface area contributed by atoms with Gasteiger partial charge in [-0.3, -0.25) is 4.79 Å². The molecule has 1 heterocycles. The summed E-state index contributed by atoms with van der Waals surface area (Å²) in [6, 6.07) is 0.290. The van der Waals surface area contributed by atoms with Gasteiger partial charge in [0.1, 0.15) is 0 Å². The van der Waals surface area contributed by atoms with Crippen LogP contribution in [0.1, 0.15) is 34.1 Å². The molecular formula is C12H24N2O. The van der Waals surface area contributed by atoms with E-state index in [1.807, 2.05) is 11.9 Å². The lowest BCUT2D eigenvalue weighted by Gasteiger charge is -2.37. The minimum Gasteiger partial charge on any atom is -0.343 e. The Hall–Kier alpha value is -0.570. The van der Waals surface area contributed by atoms with Gasteiger partial charge in [-0.2, -0.15) is 0 Å². The van der Waals surface area contributed by atoms with Crippen molar-refractivity contribution in [3.8, 4) is 0 Å². The van der Waals surface area contributed by atoms with E-state index < -0.39 is 0 Å². The molecular weight excluding hydrogens is 188 g/mol. The van der Waals surface area contributed by atoms with Crippen molar-refractivity contribution in [3.05, 3.63) is 0 Å². The first kappa shape index (κ1) is 12.5. The van der Waals surface area contributed by atoms with Crippen molar-refractivity contribution in [2.45, 2.75) is 40.2 Å². The highest BCUT2D eigenvalue weighted by Gasteiger charge is 2.29. The van der Waals surface area contributed by atoms with Crippen LogP contribution in [0.25, 0.3) is 0 Å². The van der Waals surface area contributed by atoms with Crippen molar-refractivity contribution in [1.82, 2.24) is 10.2 Å². The van der Waals surface area contributed by atoms with Gasteiger partial charge in [-0.1, -0.05) is 20.8 Å². The Labute approximate surface area is 93.2 Å². The normalized spacial score (nSPS) is 19.5. The molecule has 1 fully saturated rings. The third-order valence-electron chi connectivity index (χ3n) is 3.56. The van der Waals surface area contributed by atoms with Crippen molar-refractivity contribution in [2.24, 2.45) is 11.3 Å². The van der Waals surface area contributed by atoms with Gasteiger partial charge in [0.25, 0.3) is 0 Å². The molecule has 15 heavy (non-hydrogen) atoms. The van der Waals surface area contributed by atoms with E-state index in [9.17, 15) is 4.79 Å². The van der Waals surface area contributed by atoms with Crippen molar-refractivity contribution in [1.29, 1.82) is 0 Å². The van der Waals surface area contributed by atoms with Gasteiger partial charge >= 0.3 is 0 Å².